The van der Waals surface area contributed by atoms with E-state index in [1.165, 1.54) is 11.3 Å². The highest BCUT2D eigenvalue weighted by Crippen LogP contribution is 2.25. The molecule has 1 rings (SSSR count). The second-order valence-corrected chi connectivity index (χ2v) is 4.33. The molecule has 0 radical (unpaired) electrons. The molecular formula is C8H12O2S2. The monoisotopic (exact) mass is 204 g/mol. The van der Waals surface area contributed by atoms with Crippen LogP contribution in [0.4, 0.5) is 0 Å². The van der Waals surface area contributed by atoms with Gasteiger partial charge in [0.05, 0.1) is 6.10 Å². The molecule has 0 saturated carbocycles. The number of hydrogen-bond acceptors (Lipinski definition) is 4. The molecule has 0 aromatic carbocycles. The summed E-state index contributed by atoms with van der Waals surface area (Å²) in [4.78, 5) is 1.93. The van der Waals surface area contributed by atoms with E-state index in [0.29, 0.717) is 0 Å². The van der Waals surface area contributed by atoms with Crippen molar-refractivity contribution in [1.82, 2.24) is 0 Å². The van der Waals surface area contributed by atoms with Gasteiger partial charge in [0.15, 0.2) is 0 Å². The summed E-state index contributed by atoms with van der Waals surface area (Å²) in [5.41, 5.74) is 0. The molecule has 4 heteroatoms. The zero-order valence-corrected chi connectivity index (χ0v) is 8.48. The van der Waals surface area contributed by atoms with E-state index in [2.05, 4.69) is 12.6 Å². The highest BCUT2D eigenvalue weighted by Gasteiger charge is 2.17. The van der Waals surface area contributed by atoms with Crippen LogP contribution in [0.1, 0.15) is 15.9 Å². The second-order valence-electron chi connectivity index (χ2n) is 2.64. The summed E-state index contributed by atoms with van der Waals surface area (Å²) >= 11 is 5.40. The summed E-state index contributed by atoms with van der Waals surface area (Å²) in [5, 5.41) is 18.8. The number of rotatable bonds is 3. The molecule has 1 aromatic rings. The standard InChI is InChI=1S/C8H12O2S2/c1-5-2-3-7(12-5)8(10)6(9)4-11/h2-3,6,8-11H,4H2,1H3. The second kappa shape index (κ2) is 4.28. The first-order valence-electron chi connectivity index (χ1n) is 3.68. The Kier molecular flexibility index (Phi) is 3.58. The third-order valence-corrected chi connectivity index (χ3v) is 3.05. The van der Waals surface area contributed by atoms with E-state index < -0.39 is 12.2 Å². The van der Waals surface area contributed by atoms with Crippen molar-refractivity contribution in [3.8, 4) is 0 Å². The van der Waals surface area contributed by atoms with E-state index in [4.69, 9.17) is 0 Å². The van der Waals surface area contributed by atoms with Crippen LogP contribution in [0.15, 0.2) is 12.1 Å². The van der Waals surface area contributed by atoms with Crippen molar-refractivity contribution in [2.45, 2.75) is 19.1 Å². The van der Waals surface area contributed by atoms with E-state index in [1.54, 1.807) is 0 Å². The lowest BCUT2D eigenvalue weighted by atomic mass is 10.2. The lowest BCUT2D eigenvalue weighted by Crippen LogP contribution is -2.18. The van der Waals surface area contributed by atoms with Gasteiger partial charge in [-0.25, -0.2) is 0 Å². The fourth-order valence-corrected chi connectivity index (χ4v) is 2.02. The minimum Gasteiger partial charge on any atom is -0.389 e. The molecule has 2 atom stereocenters. The van der Waals surface area contributed by atoms with E-state index in [0.717, 1.165) is 9.75 Å². The molecule has 0 bridgehead atoms. The Morgan fingerprint density at radius 2 is 2.17 bits per heavy atom. The minimum absolute atomic E-state index is 0.276. The zero-order valence-electron chi connectivity index (χ0n) is 6.77. The smallest absolute Gasteiger partial charge is 0.115 e. The van der Waals surface area contributed by atoms with Crippen LogP contribution in [0, 0.1) is 6.92 Å². The number of thiophene rings is 1. The lowest BCUT2D eigenvalue weighted by molar-refractivity contribution is 0.0361. The van der Waals surface area contributed by atoms with Gasteiger partial charge in [-0.3, -0.25) is 0 Å². The van der Waals surface area contributed by atoms with Gasteiger partial charge in [0.2, 0.25) is 0 Å². The molecule has 0 fully saturated rings. The summed E-state index contributed by atoms with van der Waals surface area (Å²) in [6.07, 6.45) is -1.56. The zero-order chi connectivity index (χ0) is 9.14. The van der Waals surface area contributed by atoms with Gasteiger partial charge in [-0.05, 0) is 19.1 Å². The van der Waals surface area contributed by atoms with Gasteiger partial charge in [0.25, 0.3) is 0 Å². The highest BCUT2D eigenvalue weighted by atomic mass is 32.1. The van der Waals surface area contributed by atoms with Crippen molar-refractivity contribution < 1.29 is 10.2 Å². The Morgan fingerprint density at radius 3 is 2.58 bits per heavy atom. The molecule has 12 heavy (non-hydrogen) atoms. The number of aliphatic hydroxyl groups is 2. The Balaban J connectivity index is 2.70. The Morgan fingerprint density at radius 1 is 1.50 bits per heavy atom. The first-order chi connectivity index (χ1) is 5.65. The van der Waals surface area contributed by atoms with Crippen LogP contribution < -0.4 is 0 Å². The summed E-state index contributed by atoms with van der Waals surface area (Å²) in [6.45, 7) is 1.97. The molecule has 0 aliphatic carbocycles. The first-order valence-corrected chi connectivity index (χ1v) is 5.13. The summed E-state index contributed by atoms with van der Waals surface area (Å²) in [5.74, 6) is 0.276. The average Bonchev–Trinajstić information content (AvgIpc) is 2.49. The van der Waals surface area contributed by atoms with Crippen LogP contribution in [-0.2, 0) is 0 Å². The summed E-state index contributed by atoms with van der Waals surface area (Å²) < 4.78 is 0. The van der Waals surface area contributed by atoms with Crippen LogP contribution in [0.25, 0.3) is 0 Å². The normalized spacial score (nSPS) is 16.0. The first kappa shape index (κ1) is 10.1. The van der Waals surface area contributed by atoms with Gasteiger partial charge in [0, 0.05) is 15.5 Å². The molecule has 0 amide bonds. The van der Waals surface area contributed by atoms with Gasteiger partial charge >= 0.3 is 0 Å². The molecule has 2 N–H and O–H groups in total. The Hall–Kier alpha value is -0.0300. The maximum absolute atomic E-state index is 9.51. The highest BCUT2D eigenvalue weighted by molar-refractivity contribution is 7.80. The maximum Gasteiger partial charge on any atom is 0.115 e. The molecule has 0 aliphatic rings. The minimum atomic E-state index is -0.791. The molecule has 0 spiro atoms. The van der Waals surface area contributed by atoms with E-state index >= 15 is 0 Å². The van der Waals surface area contributed by atoms with Crippen LogP contribution in [0.5, 0.6) is 0 Å². The molecule has 2 unspecified atom stereocenters. The fraction of sp³-hybridized carbons (Fsp3) is 0.500. The van der Waals surface area contributed by atoms with Gasteiger partial charge in [0.1, 0.15) is 6.10 Å². The molecular weight excluding hydrogens is 192 g/mol. The van der Waals surface area contributed by atoms with Gasteiger partial charge in [-0.15, -0.1) is 11.3 Å². The van der Waals surface area contributed by atoms with E-state index in [9.17, 15) is 10.2 Å². The molecule has 2 nitrogen and oxygen atoms in total. The van der Waals surface area contributed by atoms with Crippen LogP contribution in [-0.4, -0.2) is 22.1 Å². The summed E-state index contributed by atoms with van der Waals surface area (Å²) in [7, 11) is 0. The number of thiol groups is 1. The van der Waals surface area contributed by atoms with Crippen molar-refractivity contribution in [2.75, 3.05) is 5.75 Å². The van der Waals surface area contributed by atoms with Crippen molar-refractivity contribution in [3.05, 3.63) is 21.9 Å². The summed E-state index contributed by atoms with van der Waals surface area (Å²) in [6, 6.07) is 3.76. The predicted octanol–water partition coefficient (Wildman–Crippen LogP) is 1.38. The van der Waals surface area contributed by atoms with Gasteiger partial charge in [-0.1, -0.05) is 0 Å². The Bertz CT molecular complexity index is 247. The quantitative estimate of drug-likeness (QED) is 0.651. The van der Waals surface area contributed by atoms with Crippen molar-refractivity contribution in [2.24, 2.45) is 0 Å². The fourth-order valence-electron chi connectivity index (χ4n) is 0.902. The van der Waals surface area contributed by atoms with Crippen LogP contribution in [0.2, 0.25) is 0 Å². The average molecular weight is 204 g/mol. The Labute approximate surface area is 81.3 Å². The van der Waals surface area contributed by atoms with Gasteiger partial charge in [-0.2, -0.15) is 12.6 Å². The molecule has 1 heterocycles. The third kappa shape index (κ3) is 2.23. The van der Waals surface area contributed by atoms with E-state index in [-0.39, 0.29) is 5.75 Å². The largest absolute Gasteiger partial charge is 0.389 e. The molecule has 0 saturated heterocycles. The van der Waals surface area contributed by atoms with Crippen molar-refractivity contribution >= 4 is 24.0 Å². The molecule has 0 aliphatic heterocycles. The number of aliphatic hydroxyl groups excluding tert-OH is 2. The van der Waals surface area contributed by atoms with E-state index in [1.807, 2.05) is 19.1 Å². The van der Waals surface area contributed by atoms with Crippen molar-refractivity contribution in [3.63, 3.8) is 0 Å². The third-order valence-electron chi connectivity index (χ3n) is 1.60. The van der Waals surface area contributed by atoms with Crippen LogP contribution >= 0.6 is 24.0 Å². The van der Waals surface area contributed by atoms with Crippen LogP contribution in [0.3, 0.4) is 0 Å². The number of hydrogen-bond donors (Lipinski definition) is 3. The molecule has 1 aromatic heterocycles. The SMILES string of the molecule is Cc1ccc(C(O)C(O)CS)s1. The predicted molar refractivity (Wildman–Crippen MR) is 53.9 cm³/mol. The maximum atomic E-state index is 9.51. The lowest BCUT2D eigenvalue weighted by Gasteiger charge is -2.13. The van der Waals surface area contributed by atoms with Crippen molar-refractivity contribution in [1.29, 1.82) is 0 Å². The molecule has 68 valence electrons. The number of aryl methyl sites for hydroxylation is 1. The topological polar surface area (TPSA) is 40.5 Å². The van der Waals surface area contributed by atoms with Gasteiger partial charge < -0.3 is 10.2 Å².